The largest absolute Gasteiger partial charge is 0.478 e. The van der Waals surface area contributed by atoms with Gasteiger partial charge in [0.05, 0.1) is 9.99 Å². The highest BCUT2D eigenvalue weighted by atomic mass is 79.9. The highest BCUT2D eigenvalue weighted by Crippen LogP contribution is 2.29. The lowest BCUT2D eigenvalue weighted by Crippen LogP contribution is -2.23. The summed E-state index contributed by atoms with van der Waals surface area (Å²) in [6.45, 7) is 0. The molecule has 0 saturated heterocycles. The van der Waals surface area contributed by atoms with Crippen LogP contribution in [0.1, 0.15) is 0 Å². The lowest BCUT2D eigenvalue weighted by atomic mass is 10.2. The van der Waals surface area contributed by atoms with Crippen LogP contribution in [0, 0.1) is 0 Å². The van der Waals surface area contributed by atoms with Crippen molar-refractivity contribution in [1.82, 2.24) is 4.98 Å². The van der Waals surface area contributed by atoms with Gasteiger partial charge in [0.25, 0.3) is 0 Å². The molecule has 2 aromatic rings. The monoisotopic (exact) mass is 327 g/mol. The molecule has 6 heteroatoms. The Kier molecular flexibility index (Phi) is 4.08. The fourth-order valence-corrected chi connectivity index (χ4v) is 2.27. The number of ether oxygens (including phenoxy) is 1. The van der Waals surface area contributed by atoms with Gasteiger partial charge in [-0.15, -0.1) is 11.8 Å². The number of carboxylic acids is 1. The molecule has 1 atom stereocenters. The number of pyridine rings is 1. The van der Waals surface area contributed by atoms with Gasteiger partial charge in [-0.05, 0) is 34.3 Å². The third kappa shape index (κ3) is 2.76. The quantitative estimate of drug-likeness (QED) is 0.874. The Balaban J connectivity index is 2.38. The Hall–Kier alpha value is -1.27. The van der Waals surface area contributed by atoms with Crippen molar-refractivity contribution in [3.63, 3.8) is 0 Å². The van der Waals surface area contributed by atoms with E-state index in [1.54, 1.807) is 6.26 Å². The van der Waals surface area contributed by atoms with Crippen molar-refractivity contribution in [2.24, 2.45) is 0 Å². The van der Waals surface area contributed by atoms with Crippen LogP contribution in [0.3, 0.4) is 0 Å². The van der Waals surface area contributed by atoms with Gasteiger partial charge in [-0.25, -0.2) is 9.78 Å². The van der Waals surface area contributed by atoms with Crippen molar-refractivity contribution in [2.75, 3.05) is 6.26 Å². The molecule has 1 N–H and O–H groups in total. The van der Waals surface area contributed by atoms with E-state index in [9.17, 15) is 4.79 Å². The van der Waals surface area contributed by atoms with E-state index in [1.807, 2.05) is 30.3 Å². The lowest BCUT2D eigenvalue weighted by Gasteiger charge is -2.13. The molecule has 94 valence electrons. The molecule has 1 heterocycles. The molecule has 0 radical (unpaired) electrons. The predicted octanol–water partition coefficient (Wildman–Crippen LogP) is 3.15. The maximum absolute atomic E-state index is 10.9. The minimum absolute atomic E-state index is 0.287. The highest BCUT2D eigenvalue weighted by molar-refractivity contribution is 9.10. The second-order valence-corrected chi connectivity index (χ2v) is 5.25. The van der Waals surface area contributed by atoms with Gasteiger partial charge in [0.2, 0.25) is 11.3 Å². The summed E-state index contributed by atoms with van der Waals surface area (Å²) in [6.07, 6.45) is 1.67. The molecule has 4 nitrogen and oxygen atoms in total. The molecule has 0 bridgehead atoms. The topological polar surface area (TPSA) is 59.4 Å². The van der Waals surface area contributed by atoms with Crippen molar-refractivity contribution in [1.29, 1.82) is 0 Å². The van der Waals surface area contributed by atoms with Gasteiger partial charge in [-0.3, -0.25) is 0 Å². The number of hydrogen-bond acceptors (Lipinski definition) is 4. The first-order valence-corrected chi connectivity index (χ1v) is 7.17. The van der Waals surface area contributed by atoms with E-state index in [0.29, 0.717) is 4.47 Å². The molecule has 0 spiro atoms. The van der Waals surface area contributed by atoms with Crippen molar-refractivity contribution in [2.45, 2.75) is 5.44 Å². The number of aliphatic carboxylic acids is 1. The first-order chi connectivity index (χ1) is 8.61. The van der Waals surface area contributed by atoms with Crippen molar-refractivity contribution in [3.05, 3.63) is 34.8 Å². The normalized spacial score (nSPS) is 12.3. The van der Waals surface area contributed by atoms with Gasteiger partial charge in [-0.2, -0.15) is 0 Å². The summed E-state index contributed by atoms with van der Waals surface area (Å²) in [4.78, 5) is 15.2. The summed E-state index contributed by atoms with van der Waals surface area (Å²) in [5.74, 6) is -0.736. The molecule has 0 saturated carbocycles. The molecule has 0 amide bonds. The van der Waals surface area contributed by atoms with Crippen LogP contribution in [-0.4, -0.2) is 27.8 Å². The Labute approximate surface area is 116 Å². The molecule has 2 rings (SSSR count). The van der Waals surface area contributed by atoms with Gasteiger partial charge in [-0.1, -0.05) is 18.2 Å². The summed E-state index contributed by atoms with van der Waals surface area (Å²) < 4.78 is 6.01. The van der Waals surface area contributed by atoms with Gasteiger partial charge < -0.3 is 9.84 Å². The van der Waals surface area contributed by atoms with Gasteiger partial charge >= 0.3 is 5.97 Å². The molecule has 18 heavy (non-hydrogen) atoms. The molecular formula is C12H10BrNO3S. The van der Waals surface area contributed by atoms with E-state index < -0.39 is 11.4 Å². The summed E-state index contributed by atoms with van der Waals surface area (Å²) in [7, 11) is 0. The second-order valence-electron chi connectivity index (χ2n) is 3.49. The number of hydrogen-bond donors (Lipinski definition) is 1. The van der Waals surface area contributed by atoms with E-state index in [1.165, 1.54) is 0 Å². The van der Waals surface area contributed by atoms with Crippen molar-refractivity contribution in [3.8, 4) is 5.88 Å². The zero-order valence-electron chi connectivity index (χ0n) is 9.46. The Morgan fingerprint density at radius 3 is 2.89 bits per heavy atom. The first kappa shape index (κ1) is 13.2. The number of carbonyl (C=O) groups is 1. The number of nitrogens with zero attached hydrogens (tertiary/aromatic N) is 1. The summed E-state index contributed by atoms with van der Waals surface area (Å²) in [6, 6.07) is 9.43. The zero-order valence-corrected chi connectivity index (χ0v) is 11.9. The number of fused-ring (bicyclic) bond motifs is 1. The van der Waals surface area contributed by atoms with E-state index in [4.69, 9.17) is 9.84 Å². The molecule has 0 aliphatic heterocycles. The van der Waals surface area contributed by atoms with Crippen LogP contribution in [0.25, 0.3) is 10.9 Å². The van der Waals surface area contributed by atoms with Gasteiger partial charge in [0, 0.05) is 5.39 Å². The molecular weight excluding hydrogens is 318 g/mol. The first-order valence-electron chi connectivity index (χ1n) is 5.09. The molecule has 0 fully saturated rings. The minimum Gasteiger partial charge on any atom is -0.478 e. The van der Waals surface area contributed by atoms with Crippen LogP contribution in [-0.2, 0) is 4.79 Å². The van der Waals surface area contributed by atoms with E-state index in [0.717, 1.165) is 22.7 Å². The molecule has 0 aliphatic carbocycles. The Morgan fingerprint density at radius 2 is 2.22 bits per heavy atom. The van der Waals surface area contributed by atoms with Crippen LogP contribution in [0.2, 0.25) is 0 Å². The Bertz CT molecular complexity index is 591. The minimum atomic E-state index is -1.02. The summed E-state index contributed by atoms with van der Waals surface area (Å²) in [5.41, 5.74) is -0.198. The number of thioether (sulfide) groups is 1. The van der Waals surface area contributed by atoms with Crippen molar-refractivity contribution >= 4 is 44.6 Å². The van der Waals surface area contributed by atoms with E-state index in [-0.39, 0.29) is 5.88 Å². The molecule has 1 aromatic heterocycles. The number of para-hydroxylation sites is 1. The van der Waals surface area contributed by atoms with E-state index in [2.05, 4.69) is 20.9 Å². The predicted molar refractivity (Wildman–Crippen MR) is 75.0 cm³/mol. The van der Waals surface area contributed by atoms with Gasteiger partial charge in [0.15, 0.2) is 0 Å². The average molecular weight is 328 g/mol. The number of benzene rings is 1. The molecule has 1 unspecified atom stereocenters. The maximum atomic E-state index is 10.9. The van der Waals surface area contributed by atoms with Crippen LogP contribution >= 0.6 is 27.7 Å². The lowest BCUT2D eigenvalue weighted by molar-refractivity contribution is -0.141. The maximum Gasteiger partial charge on any atom is 0.355 e. The third-order valence-electron chi connectivity index (χ3n) is 2.28. The standard InChI is InChI=1S/C12H10BrNO3S/c1-18-12(11(15)16)17-10-8(13)6-7-4-2-3-5-9(7)14-10/h2-6,12H,1H3,(H,15,16). The van der Waals surface area contributed by atoms with Crippen LogP contribution in [0.5, 0.6) is 5.88 Å². The number of rotatable bonds is 4. The smallest absolute Gasteiger partial charge is 0.355 e. The van der Waals surface area contributed by atoms with Gasteiger partial charge in [0.1, 0.15) is 0 Å². The second kappa shape index (κ2) is 5.58. The fourth-order valence-electron chi connectivity index (χ4n) is 1.46. The van der Waals surface area contributed by atoms with Crippen LogP contribution in [0.4, 0.5) is 0 Å². The van der Waals surface area contributed by atoms with Crippen LogP contribution < -0.4 is 4.74 Å². The number of carboxylic acid groups (broad SMARTS) is 1. The highest BCUT2D eigenvalue weighted by Gasteiger charge is 2.20. The molecule has 0 aliphatic rings. The van der Waals surface area contributed by atoms with Crippen LogP contribution in [0.15, 0.2) is 34.8 Å². The Morgan fingerprint density at radius 1 is 1.50 bits per heavy atom. The number of halogens is 1. The SMILES string of the molecule is CSC(Oc1nc2ccccc2cc1Br)C(=O)O. The van der Waals surface area contributed by atoms with Crippen molar-refractivity contribution < 1.29 is 14.6 Å². The number of aromatic nitrogens is 1. The summed E-state index contributed by atoms with van der Waals surface area (Å²) in [5, 5.41) is 9.92. The molecule has 1 aromatic carbocycles. The summed E-state index contributed by atoms with van der Waals surface area (Å²) >= 11 is 4.44. The zero-order chi connectivity index (χ0) is 13.1. The fraction of sp³-hybridized carbons (Fsp3) is 0.167. The average Bonchev–Trinajstić information content (AvgIpc) is 2.35. The third-order valence-corrected chi connectivity index (χ3v) is 3.57. The van der Waals surface area contributed by atoms with E-state index >= 15 is 0 Å².